The van der Waals surface area contributed by atoms with E-state index in [1.54, 1.807) is 0 Å². The number of aliphatic hydroxyl groups is 1. The molecule has 0 heterocycles. The van der Waals surface area contributed by atoms with Gasteiger partial charge < -0.3 is 21.1 Å². The first-order valence-electron chi connectivity index (χ1n) is 2.29. The van der Waals surface area contributed by atoms with Gasteiger partial charge in [-0.05, 0) is 0 Å². The Kier molecular flexibility index (Phi) is 18.4. The summed E-state index contributed by atoms with van der Waals surface area (Å²) in [5.74, 6) is -2.16. The molecule has 11 heavy (non-hydrogen) atoms. The molecule has 0 aromatic rings. The van der Waals surface area contributed by atoms with E-state index in [9.17, 15) is 4.79 Å². The van der Waals surface area contributed by atoms with Crippen molar-refractivity contribution in [3.8, 4) is 0 Å². The summed E-state index contributed by atoms with van der Waals surface area (Å²) in [6.07, 6.45) is 0. The molecule has 1 radical (unpaired) electrons. The van der Waals surface area contributed by atoms with Crippen molar-refractivity contribution in [3.05, 3.63) is 0 Å². The number of carboxylic acids is 2. The zero-order valence-corrected chi connectivity index (χ0v) is 6.39. The van der Waals surface area contributed by atoms with Gasteiger partial charge in [0.05, 0.1) is 6.54 Å². The molecule has 0 amide bonds. The smallest absolute Gasteiger partial charge is 0.329 e. The molecule has 0 saturated carbocycles. The van der Waals surface area contributed by atoms with Gasteiger partial charge in [-0.25, -0.2) is 4.79 Å². The summed E-state index contributed by atoms with van der Waals surface area (Å²) in [5, 5.41) is 22.6. The molecule has 0 aliphatic carbocycles. The minimum Gasteiger partial charge on any atom is -0.480 e. The Hall–Kier alpha value is -0.621. The van der Waals surface area contributed by atoms with Crippen LogP contribution in [0.15, 0.2) is 0 Å². The van der Waals surface area contributed by atoms with Crippen molar-refractivity contribution in [1.29, 1.82) is 0 Å². The number of carboxylic acid groups (broad SMARTS) is 2. The largest absolute Gasteiger partial charge is 0.480 e. The molecule has 0 saturated heterocycles. The average molecular weight is 215 g/mol. The molecular formula is C4H9CuNO5. The fourth-order valence-corrected chi connectivity index (χ4v) is 0. The Morgan fingerprint density at radius 1 is 1.18 bits per heavy atom. The van der Waals surface area contributed by atoms with E-state index in [1.165, 1.54) is 0 Å². The molecule has 0 bridgehead atoms. The third-order valence-corrected chi connectivity index (χ3v) is 0.310. The summed E-state index contributed by atoms with van der Waals surface area (Å²) >= 11 is 0. The molecular weight excluding hydrogens is 206 g/mol. The molecule has 0 aromatic heterocycles. The van der Waals surface area contributed by atoms with Gasteiger partial charge in [-0.3, -0.25) is 4.79 Å². The Morgan fingerprint density at radius 2 is 1.36 bits per heavy atom. The summed E-state index contributed by atoms with van der Waals surface area (Å²) in [4.78, 5) is 18.4. The number of carbonyl (C=O) groups is 2. The fourth-order valence-electron chi connectivity index (χ4n) is 0. The molecule has 6 nitrogen and oxygen atoms in total. The van der Waals surface area contributed by atoms with Crippen molar-refractivity contribution in [2.24, 2.45) is 5.73 Å². The van der Waals surface area contributed by atoms with E-state index in [2.05, 4.69) is 5.73 Å². The van der Waals surface area contributed by atoms with Gasteiger partial charge >= 0.3 is 11.9 Å². The van der Waals surface area contributed by atoms with Crippen LogP contribution < -0.4 is 5.73 Å². The second-order valence-electron chi connectivity index (χ2n) is 1.15. The van der Waals surface area contributed by atoms with Crippen molar-refractivity contribution in [2.45, 2.75) is 0 Å². The van der Waals surface area contributed by atoms with Crippen LogP contribution in [0.4, 0.5) is 0 Å². The molecule has 0 aliphatic heterocycles. The van der Waals surface area contributed by atoms with Gasteiger partial charge in [0, 0.05) is 17.1 Å². The fraction of sp³-hybridized carbons (Fsp3) is 0.500. The molecule has 71 valence electrons. The van der Waals surface area contributed by atoms with Crippen LogP contribution in [-0.2, 0) is 26.7 Å². The average Bonchev–Trinajstić information content (AvgIpc) is 1.89. The molecule has 0 unspecified atom stereocenters. The molecule has 0 aromatic carbocycles. The zero-order chi connectivity index (χ0) is 8.57. The van der Waals surface area contributed by atoms with E-state index in [0.717, 1.165) is 0 Å². The van der Waals surface area contributed by atoms with E-state index in [-0.39, 0.29) is 23.6 Å². The summed E-state index contributed by atoms with van der Waals surface area (Å²) < 4.78 is 0. The number of rotatable bonds is 2. The van der Waals surface area contributed by atoms with Gasteiger partial charge in [0.1, 0.15) is 6.61 Å². The van der Waals surface area contributed by atoms with Gasteiger partial charge in [-0.2, -0.15) is 0 Å². The van der Waals surface area contributed by atoms with Crippen LogP contribution in [0.25, 0.3) is 0 Å². The van der Waals surface area contributed by atoms with Crippen molar-refractivity contribution >= 4 is 11.9 Å². The normalized spacial score (nSPS) is 6.73. The SMILES string of the molecule is NCC(=O)O.O=C(O)CO.[Cu]. The molecule has 7 heteroatoms. The predicted octanol–water partition coefficient (Wildman–Crippen LogP) is -1.91. The Bertz CT molecular complexity index is 103. The van der Waals surface area contributed by atoms with Gasteiger partial charge in [-0.1, -0.05) is 0 Å². The van der Waals surface area contributed by atoms with Crippen LogP contribution in [0.2, 0.25) is 0 Å². The number of aliphatic carboxylic acids is 2. The summed E-state index contributed by atoms with van der Waals surface area (Å²) in [6.45, 7) is -1.06. The van der Waals surface area contributed by atoms with Crippen LogP contribution in [0.3, 0.4) is 0 Å². The summed E-state index contributed by atoms with van der Waals surface area (Å²) in [7, 11) is 0. The summed E-state index contributed by atoms with van der Waals surface area (Å²) in [6, 6.07) is 0. The number of aliphatic hydroxyl groups excluding tert-OH is 1. The Labute approximate surface area is 73.5 Å². The first kappa shape index (κ1) is 16.8. The van der Waals surface area contributed by atoms with Crippen LogP contribution in [0.1, 0.15) is 0 Å². The minimum absolute atomic E-state index is 0. The third-order valence-electron chi connectivity index (χ3n) is 0.310. The molecule has 0 fully saturated rings. The first-order valence-corrected chi connectivity index (χ1v) is 2.29. The van der Waals surface area contributed by atoms with Crippen LogP contribution >= 0.6 is 0 Å². The van der Waals surface area contributed by atoms with Crippen LogP contribution in [0, 0.1) is 0 Å². The molecule has 0 rings (SSSR count). The standard InChI is InChI=1S/C2H5NO2.C2H4O3.Cu/c2*3-1-2(4)5;/h1,3H2,(H,4,5);3H,1H2,(H,4,5);. The van der Waals surface area contributed by atoms with E-state index < -0.39 is 18.5 Å². The molecule has 0 aliphatic rings. The predicted molar refractivity (Wildman–Crippen MR) is 31.4 cm³/mol. The Morgan fingerprint density at radius 3 is 1.36 bits per heavy atom. The number of nitrogens with two attached hydrogens (primary N) is 1. The number of hydrogen-bond donors (Lipinski definition) is 4. The topological polar surface area (TPSA) is 121 Å². The zero-order valence-electron chi connectivity index (χ0n) is 5.45. The molecule has 5 N–H and O–H groups in total. The van der Waals surface area contributed by atoms with Crippen LogP contribution in [0.5, 0.6) is 0 Å². The maximum atomic E-state index is 9.24. The molecule has 0 atom stereocenters. The van der Waals surface area contributed by atoms with E-state index in [4.69, 9.17) is 20.1 Å². The third kappa shape index (κ3) is 44.7. The second-order valence-corrected chi connectivity index (χ2v) is 1.15. The van der Waals surface area contributed by atoms with E-state index >= 15 is 0 Å². The van der Waals surface area contributed by atoms with E-state index in [1.807, 2.05) is 0 Å². The second kappa shape index (κ2) is 12.1. The quantitative estimate of drug-likeness (QED) is 0.398. The first-order chi connectivity index (χ1) is 4.54. The van der Waals surface area contributed by atoms with Crippen molar-refractivity contribution in [2.75, 3.05) is 13.2 Å². The summed E-state index contributed by atoms with van der Waals surface area (Å²) in [5.41, 5.74) is 4.57. The monoisotopic (exact) mass is 214 g/mol. The van der Waals surface area contributed by atoms with E-state index in [0.29, 0.717) is 0 Å². The van der Waals surface area contributed by atoms with Crippen molar-refractivity contribution in [1.82, 2.24) is 0 Å². The van der Waals surface area contributed by atoms with Gasteiger partial charge in [0.2, 0.25) is 0 Å². The maximum Gasteiger partial charge on any atom is 0.329 e. The molecule has 0 spiro atoms. The van der Waals surface area contributed by atoms with Gasteiger partial charge in [0.15, 0.2) is 0 Å². The number of hydrogen-bond acceptors (Lipinski definition) is 4. The van der Waals surface area contributed by atoms with Gasteiger partial charge in [-0.15, -0.1) is 0 Å². The van der Waals surface area contributed by atoms with Crippen molar-refractivity contribution < 1.29 is 42.0 Å². The van der Waals surface area contributed by atoms with Crippen molar-refractivity contribution in [3.63, 3.8) is 0 Å². The maximum absolute atomic E-state index is 9.24. The van der Waals surface area contributed by atoms with Crippen LogP contribution in [-0.4, -0.2) is 40.4 Å². The Balaban J connectivity index is -0.000000107. The van der Waals surface area contributed by atoms with Gasteiger partial charge in [0.25, 0.3) is 0 Å². The minimum atomic E-state index is -1.19.